The van der Waals surface area contributed by atoms with Gasteiger partial charge in [0.2, 0.25) is 5.91 Å². The average molecular weight is 304 g/mol. The lowest BCUT2D eigenvalue weighted by Crippen LogP contribution is -2.06. The molecule has 108 valence electrons. The summed E-state index contributed by atoms with van der Waals surface area (Å²) in [7, 11) is 0. The summed E-state index contributed by atoms with van der Waals surface area (Å²) in [5.74, 6) is -0.384. The number of hydrogen-bond acceptors (Lipinski definition) is 4. The molecule has 0 aromatic heterocycles. The van der Waals surface area contributed by atoms with Gasteiger partial charge in [-0.1, -0.05) is 11.6 Å². The number of halogens is 1. The van der Waals surface area contributed by atoms with Gasteiger partial charge in [-0.3, -0.25) is 4.79 Å². The molecular weight excluding hydrogens is 290 g/mol. The van der Waals surface area contributed by atoms with Crippen molar-refractivity contribution in [3.63, 3.8) is 0 Å². The van der Waals surface area contributed by atoms with E-state index in [0.717, 1.165) is 5.56 Å². The average Bonchev–Trinajstić information content (AvgIpc) is 2.42. The van der Waals surface area contributed by atoms with Crippen LogP contribution in [0.5, 0.6) is 5.75 Å². The first-order valence-corrected chi connectivity index (χ1v) is 6.62. The molecule has 0 bridgehead atoms. The SMILES string of the molecule is CC(=O)Nc1cc(C)cc(N=Nc2ccc(Cl)cc2)c1O. The summed E-state index contributed by atoms with van der Waals surface area (Å²) < 4.78 is 0. The molecule has 0 fully saturated rings. The zero-order valence-electron chi connectivity index (χ0n) is 11.6. The molecule has 2 N–H and O–H groups in total. The first-order valence-electron chi connectivity index (χ1n) is 6.24. The van der Waals surface area contributed by atoms with Crippen LogP contribution in [0.3, 0.4) is 0 Å². The first kappa shape index (κ1) is 15.0. The minimum Gasteiger partial charge on any atom is -0.504 e. The molecule has 0 aliphatic carbocycles. The maximum atomic E-state index is 11.1. The van der Waals surface area contributed by atoms with Crippen molar-refractivity contribution in [1.82, 2.24) is 0 Å². The number of phenols is 1. The fraction of sp³-hybridized carbons (Fsp3) is 0.133. The maximum absolute atomic E-state index is 11.1. The Hall–Kier alpha value is -2.40. The highest BCUT2D eigenvalue weighted by Gasteiger charge is 2.09. The third kappa shape index (κ3) is 4.03. The number of hydrogen-bond donors (Lipinski definition) is 2. The summed E-state index contributed by atoms with van der Waals surface area (Å²) in [4.78, 5) is 11.1. The van der Waals surface area contributed by atoms with Crippen molar-refractivity contribution in [2.24, 2.45) is 10.2 Å². The molecule has 0 unspecified atom stereocenters. The number of benzene rings is 2. The molecule has 0 saturated heterocycles. The highest BCUT2D eigenvalue weighted by molar-refractivity contribution is 6.30. The van der Waals surface area contributed by atoms with Crippen LogP contribution in [0, 0.1) is 6.92 Å². The smallest absolute Gasteiger partial charge is 0.221 e. The van der Waals surface area contributed by atoms with Crippen LogP contribution in [0.4, 0.5) is 17.1 Å². The van der Waals surface area contributed by atoms with Crippen molar-refractivity contribution in [1.29, 1.82) is 0 Å². The summed E-state index contributed by atoms with van der Waals surface area (Å²) in [5, 5.41) is 21.3. The minimum absolute atomic E-state index is 0.117. The number of nitrogens with zero attached hydrogens (tertiary/aromatic N) is 2. The number of carbonyl (C=O) groups excluding carboxylic acids is 1. The number of azo groups is 1. The van der Waals surface area contributed by atoms with E-state index in [1.54, 1.807) is 36.4 Å². The number of amides is 1. The Morgan fingerprint density at radius 2 is 1.86 bits per heavy atom. The van der Waals surface area contributed by atoms with Gasteiger partial charge in [0.15, 0.2) is 5.75 Å². The van der Waals surface area contributed by atoms with Crippen molar-refractivity contribution >= 4 is 34.6 Å². The van der Waals surface area contributed by atoms with E-state index in [4.69, 9.17) is 11.6 Å². The summed E-state index contributed by atoms with van der Waals surface area (Å²) in [6, 6.07) is 10.2. The van der Waals surface area contributed by atoms with Crippen LogP contribution in [0.2, 0.25) is 5.02 Å². The van der Waals surface area contributed by atoms with Crippen molar-refractivity contribution < 1.29 is 9.90 Å². The quantitative estimate of drug-likeness (QED) is 0.635. The number of nitrogens with one attached hydrogen (secondary N) is 1. The first-order chi connectivity index (χ1) is 9.95. The standard InChI is InChI=1S/C15H14ClN3O2/c1-9-7-13(17-10(2)20)15(21)14(8-9)19-18-12-5-3-11(16)4-6-12/h3-8,21H,1-2H3,(H,17,20). The molecule has 0 saturated carbocycles. The normalized spacial score (nSPS) is 10.8. The second-order valence-electron chi connectivity index (χ2n) is 4.54. The van der Waals surface area contributed by atoms with Gasteiger partial charge in [0, 0.05) is 11.9 Å². The van der Waals surface area contributed by atoms with E-state index in [9.17, 15) is 9.90 Å². The van der Waals surface area contributed by atoms with Crippen molar-refractivity contribution in [3.8, 4) is 5.75 Å². The van der Waals surface area contributed by atoms with Gasteiger partial charge in [-0.2, -0.15) is 5.11 Å². The van der Waals surface area contributed by atoms with Gasteiger partial charge in [0.1, 0.15) is 5.69 Å². The van der Waals surface area contributed by atoms with Crippen LogP contribution in [-0.4, -0.2) is 11.0 Å². The summed E-state index contributed by atoms with van der Waals surface area (Å²) in [6.45, 7) is 3.21. The molecule has 5 nitrogen and oxygen atoms in total. The zero-order chi connectivity index (χ0) is 15.4. The third-order valence-electron chi connectivity index (χ3n) is 2.64. The van der Waals surface area contributed by atoms with Crippen molar-refractivity contribution in [2.75, 3.05) is 5.32 Å². The predicted molar refractivity (Wildman–Crippen MR) is 82.8 cm³/mol. The van der Waals surface area contributed by atoms with E-state index in [1.807, 2.05) is 6.92 Å². The lowest BCUT2D eigenvalue weighted by atomic mass is 10.1. The van der Waals surface area contributed by atoms with E-state index < -0.39 is 0 Å². The van der Waals surface area contributed by atoms with E-state index in [-0.39, 0.29) is 17.3 Å². The highest BCUT2D eigenvalue weighted by Crippen LogP contribution is 2.36. The molecule has 0 heterocycles. The number of aryl methyl sites for hydroxylation is 1. The van der Waals surface area contributed by atoms with Crippen molar-refractivity contribution in [3.05, 3.63) is 47.0 Å². The Labute approximate surface area is 127 Å². The van der Waals surface area contributed by atoms with E-state index in [0.29, 0.717) is 16.4 Å². The molecule has 2 rings (SSSR count). The number of aromatic hydroxyl groups is 1. The van der Waals surface area contributed by atoms with Gasteiger partial charge in [-0.25, -0.2) is 0 Å². The lowest BCUT2D eigenvalue weighted by molar-refractivity contribution is -0.114. The molecule has 2 aromatic carbocycles. The number of carbonyl (C=O) groups is 1. The Balaban J connectivity index is 2.33. The van der Waals surface area contributed by atoms with E-state index >= 15 is 0 Å². The molecule has 0 aliphatic rings. The Bertz CT molecular complexity index is 697. The van der Waals surface area contributed by atoms with Gasteiger partial charge in [-0.15, -0.1) is 5.11 Å². The second kappa shape index (κ2) is 6.37. The second-order valence-corrected chi connectivity index (χ2v) is 4.97. The van der Waals surface area contributed by atoms with Gasteiger partial charge < -0.3 is 10.4 Å². The molecular formula is C15H14ClN3O2. The highest BCUT2D eigenvalue weighted by atomic mass is 35.5. The number of anilines is 1. The van der Waals surface area contributed by atoms with Crippen LogP contribution < -0.4 is 5.32 Å². The lowest BCUT2D eigenvalue weighted by Gasteiger charge is -2.08. The minimum atomic E-state index is -0.267. The van der Waals surface area contributed by atoms with Crippen LogP contribution >= 0.6 is 11.6 Å². The van der Waals surface area contributed by atoms with Gasteiger partial charge in [0.25, 0.3) is 0 Å². The molecule has 6 heteroatoms. The maximum Gasteiger partial charge on any atom is 0.221 e. The fourth-order valence-corrected chi connectivity index (χ4v) is 1.87. The molecule has 0 radical (unpaired) electrons. The third-order valence-corrected chi connectivity index (χ3v) is 2.90. The Kier molecular flexibility index (Phi) is 4.55. The molecule has 0 atom stereocenters. The Morgan fingerprint density at radius 3 is 2.48 bits per heavy atom. The molecule has 21 heavy (non-hydrogen) atoms. The predicted octanol–water partition coefficient (Wildman–Crippen LogP) is 4.73. The topological polar surface area (TPSA) is 74.0 Å². The van der Waals surface area contributed by atoms with Crippen LogP contribution in [-0.2, 0) is 4.79 Å². The van der Waals surface area contributed by atoms with E-state index in [1.165, 1.54) is 6.92 Å². The summed E-state index contributed by atoms with van der Waals surface area (Å²) in [6.07, 6.45) is 0. The summed E-state index contributed by atoms with van der Waals surface area (Å²) >= 11 is 5.79. The number of phenolic OH excluding ortho intramolecular Hbond substituents is 1. The summed E-state index contributed by atoms with van der Waals surface area (Å²) in [5.41, 5.74) is 2.06. The number of rotatable bonds is 3. The van der Waals surface area contributed by atoms with Crippen LogP contribution in [0.25, 0.3) is 0 Å². The molecule has 0 spiro atoms. The van der Waals surface area contributed by atoms with E-state index in [2.05, 4.69) is 15.5 Å². The Morgan fingerprint density at radius 1 is 1.19 bits per heavy atom. The zero-order valence-corrected chi connectivity index (χ0v) is 12.3. The largest absolute Gasteiger partial charge is 0.504 e. The van der Waals surface area contributed by atoms with Gasteiger partial charge in [0.05, 0.1) is 11.4 Å². The van der Waals surface area contributed by atoms with Gasteiger partial charge in [-0.05, 0) is 48.9 Å². The van der Waals surface area contributed by atoms with Crippen LogP contribution in [0.1, 0.15) is 12.5 Å². The molecule has 0 aliphatic heterocycles. The monoisotopic (exact) mass is 303 g/mol. The van der Waals surface area contributed by atoms with Crippen LogP contribution in [0.15, 0.2) is 46.6 Å². The molecule has 2 aromatic rings. The fourth-order valence-electron chi connectivity index (χ4n) is 1.74. The van der Waals surface area contributed by atoms with Crippen molar-refractivity contribution in [2.45, 2.75) is 13.8 Å². The molecule has 1 amide bonds. The van der Waals surface area contributed by atoms with Gasteiger partial charge >= 0.3 is 0 Å².